The third-order valence-corrected chi connectivity index (χ3v) is 5.81. The van der Waals surface area contributed by atoms with Crippen LogP contribution >= 0.6 is 23.2 Å². The molecular formula is C24H18Cl2F3N3. The maximum Gasteiger partial charge on any atom is 0.416 e. The number of fused-ring (bicyclic) bond motifs is 1. The summed E-state index contributed by atoms with van der Waals surface area (Å²) >= 11 is 12.4. The zero-order valence-electron chi connectivity index (χ0n) is 16.9. The lowest BCUT2D eigenvalue weighted by atomic mass is 10.1. The molecule has 0 aliphatic carbocycles. The molecule has 8 heteroatoms. The number of nitrogens with one attached hydrogen (secondary N) is 1. The molecule has 0 unspecified atom stereocenters. The molecule has 4 aromatic rings. The number of alkyl halides is 3. The molecular weight excluding hydrogens is 458 g/mol. The highest BCUT2D eigenvalue weighted by molar-refractivity contribution is 6.35. The molecule has 0 amide bonds. The molecule has 0 saturated carbocycles. The number of aromatic nitrogens is 1. The minimum atomic E-state index is -4.37. The van der Waals surface area contributed by atoms with Crippen molar-refractivity contribution in [2.45, 2.75) is 19.6 Å². The average Bonchev–Trinajstić information content (AvgIpc) is 3.01. The summed E-state index contributed by atoms with van der Waals surface area (Å²) in [6.45, 7) is 2.55. The number of halogens is 5. The number of hydrazone groups is 1. The molecule has 0 fully saturated rings. The molecule has 1 aromatic heterocycles. The van der Waals surface area contributed by atoms with Gasteiger partial charge in [0.2, 0.25) is 0 Å². The molecule has 0 aliphatic rings. The van der Waals surface area contributed by atoms with Gasteiger partial charge >= 0.3 is 6.18 Å². The number of hydrogen-bond donors (Lipinski definition) is 1. The van der Waals surface area contributed by atoms with Crippen molar-refractivity contribution in [1.82, 2.24) is 4.57 Å². The lowest BCUT2D eigenvalue weighted by Gasteiger charge is -2.10. The molecule has 0 bridgehead atoms. The second kappa shape index (κ2) is 8.88. The largest absolute Gasteiger partial charge is 0.416 e. The van der Waals surface area contributed by atoms with Crippen molar-refractivity contribution >= 4 is 46.0 Å². The van der Waals surface area contributed by atoms with Crippen molar-refractivity contribution in [3.8, 4) is 0 Å². The Hall–Kier alpha value is -2.96. The first-order chi connectivity index (χ1) is 15.2. The van der Waals surface area contributed by atoms with Crippen LogP contribution in [0.25, 0.3) is 10.9 Å². The lowest BCUT2D eigenvalue weighted by molar-refractivity contribution is -0.137. The van der Waals surface area contributed by atoms with E-state index in [4.69, 9.17) is 23.2 Å². The highest BCUT2D eigenvalue weighted by Gasteiger charge is 2.29. The van der Waals surface area contributed by atoms with E-state index in [-0.39, 0.29) is 0 Å². The molecule has 0 saturated heterocycles. The SMILES string of the molecule is Cc1c(/C=N/Nc2ccc(C(F)(F)F)cc2)c2ccccc2n1Cc1ccc(Cl)cc1Cl. The Kier molecular flexibility index (Phi) is 6.17. The van der Waals surface area contributed by atoms with Crippen LogP contribution in [-0.2, 0) is 12.7 Å². The summed E-state index contributed by atoms with van der Waals surface area (Å²) in [5.41, 5.74) is 6.40. The normalized spacial score (nSPS) is 12.1. The number of rotatable bonds is 5. The fraction of sp³-hybridized carbons (Fsp3) is 0.125. The van der Waals surface area contributed by atoms with Gasteiger partial charge in [0, 0.05) is 38.8 Å². The Labute approximate surface area is 193 Å². The van der Waals surface area contributed by atoms with Gasteiger partial charge in [-0.15, -0.1) is 0 Å². The third kappa shape index (κ3) is 4.61. The Morgan fingerprint density at radius 1 is 1.00 bits per heavy atom. The third-order valence-electron chi connectivity index (χ3n) is 5.22. The highest BCUT2D eigenvalue weighted by Crippen LogP contribution is 2.30. The van der Waals surface area contributed by atoms with Gasteiger partial charge in [0.1, 0.15) is 0 Å². The molecule has 3 aromatic carbocycles. The van der Waals surface area contributed by atoms with Gasteiger partial charge in [0.25, 0.3) is 0 Å². The molecule has 4 rings (SSSR count). The van der Waals surface area contributed by atoms with Crippen molar-refractivity contribution in [1.29, 1.82) is 0 Å². The van der Waals surface area contributed by atoms with Gasteiger partial charge in [-0.05, 0) is 55.0 Å². The maximum atomic E-state index is 12.7. The number of benzene rings is 3. The van der Waals surface area contributed by atoms with Crippen LogP contribution in [-0.4, -0.2) is 10.8 Å². The van der Waals surface area contributed by atoms with Gasteiger partial charge < -0.3 is 4.57 Å². The summed E-state index contributed by atoms with van der Waals surface area (Å²) in [4.78, 5) is 0. The molecule has 0 radical (unpaired) electrons. The van der Waals surface area contributed by atoms with Crippen LogP contribution in [0.2, 0.25) is 10.0 Å². The van der Waals surface area contributed by atoms with Crippen LogP contribution in [0.15, 0.2) is 71.8 Å². The number of hydrogen-bond acceptors (Lipinski definition) is 2. The summed E-state index contributed by atoms with van der Waals surface area (Å²) in [5, 5.41) is 6.43. The monoisotopic (exact) mass is 475 g/mol. The first-order valence-electron chi connectivity index (χ1n) is 9.72. The summed E-state index contributed by atoms with van der Waals surface area (Å²) in [6, 6.07) is 18.1. The van der Waals surface area contributed by atoms with Crippen LogP contribution in [0.3, 0.4) is 0 Å². The zero-order valence-corrected chi connectivity index (χ0v) is 18.4. The molecule has 0 aliphatic heterocycles. The molecule has 32 heavy (non-hydrogen) atoms. The van der Waals surface area contributed by atoms with Gasteiger partial charge in [-0.3, -0.25) is 5.43 Å². The van der Waals surface area contributed by atoms with E-state index in [0.717, 1.165) is 39.9 Å². The van der Waals surface area contributed by atoms with E-state index in [9.17, 15) is 13.2 Å². The molecule has 164 valence electrons. The first-order valence-corrected chi connectivity index (χ1v) is 10.5. The summed E-state index contributed by atoms with van der Waals surface area (Å²) in [6.07, 6.45) is -2.69. The second-order valence-corrected chi connectivity index (χ2v) is 8.13. The maximum absolute atomic E-state index is 12.7. The summed E-state index contributed by atoms with van der Waals surface area (Å²) in [7, 11) is 0. The van der Waals surface area contributed by atoms with Crippen molar-refractivity contribution in [3.05, 3.63) is 99.2 Å². The van der Waals surface area contributed by atoms with E-state index in [2.05, 4.69) is 15.1 Å². The molecule has 3 nitrogen and oxygen atoms in total. The minimum Gasteiger partial charge on any atom is -0.340 e. The predicted molar refractivity (Wildman–Crippen MR) is 125 cm³/mol. The van der Waals surface area contributed by atoms with Crippen LogP contribution in [0.5, 0.6) is 0 Å². The van der Waals surface area contributed by atoms with Crippen molar-refractivity contribution in [2.24, 2.45) is 5.10 Å². The van der Waals surface area contributed by atoms with Crippen molar-refractivity contribution < 1.29 is 13.2 Å². The summed E-state index contributed by atoms with van der Waals surface area (Å²) < 4.78 is 40.3. The van der Waals surface area contributed by atoms with E-state index in [0.29, 0.717) is 22.3 Å². The minimum absolute atomic E-state index is 0.462. The first kappa shape index (κ1) is 22.2. The average molecular weight is 476 g/mol. The van der Waals surface area contributed by atoms with Crippen LogP contribution in [0, 0.1) is 6.92 Å². The molecule has 0 atom stereocenters. The molecule has 1 N–H and O–H groups in total. The van der Waals surface area contributed by atoms with E-state index in [1.807, 2.05) is 37.3 Å². The Morgan fingerprint density at radius 2 is 1.72 bits per heavy atom. The van der Waals surface area contributed by atoms with E-state index in [1.54, 1.807) is 18.3 Å². The van der Waals surface area contributed by atoms with Crippen LogP contribution in [0.1, 0.15) is 22.4 Å². The number of nitrogens with zero attached hydrogens (tertiary/aromatic N) is 2. The van der Waals surface area contributed by atoms with Crippen LogP contribution < -0.4 is 5.43 Å². The second-order valence-electron chi connectivity index (χ2n) is 7.28. The molecule has 1 heterocycles. The standard InChI is InChI=1S/C24H18Cl2F3N3/c1-15-21(13-30-31-19-10-7-17(8-11-19)24(27,28)29)20-4-2-3-5-23(20)32(15)14-16-6-9-18(25)12-22(16)26/h2-13,31H,14H2,1H3/b30-13+. The highest BCUT2D eigenvalue weighted by atomic mass is 35.5. The fourth-order valence-corrected chi connectivity index (χ4v) is 4.02. The smallest absolute Gasteiger partial charge is 0.340 e. The van der Waals surface area contributed by atoms with Gasteiger partial charge in [0.15, 0.2) is 0 Å². The fourth-order valence-electron chi connectivity index (χ4n) is 3.55. The summed E-state index contributed by atoms with van der Waals surface area (Å²) in [5.74, 6) is 0. The van der Waals surface area contributed by atoms with Crippen molar-refractivity contribution in [2.75, 3.05) is 5.43 Å². The predicted octanol–water partition coefficient (Wildman–Crippen LogP) is 7.77. The van der Waals surface area contributed by atoms with Gasteiger partial charge in [-0.25, -0.2) is 0 Å². The van der Waals surface area contributed by atoms with E-state index >= 15 is 0 Å². The van der Waals surface area contributed by atoms with E-state index in [1.165, 1.54) is 12.1 Å². The molecule has 0 spiro atoms. The number of anilines is 1. The number of para-hydroxylation sites is 1. The Balaban J connectivity index is 1.62. The van der Waals surface area contributed by atoms with Gasteiger partial charge in [-0.2, -0.15) is 18.3 Å². The van der Waals surface area contributed by atoms with Crippen LogP contribution in [0.4, 0.5) is 18.9 Å². The van der Waals surface area contributed by atoms with Crippen molar-refractivity contribution in [3.63, 3.8) is 0 Å². The van der Waals surface area contributed by atoms with Gasteiger partial charge in [-0.1, -0.05) is 47.5 Å². The topological polar surface area (TPSA) is 29.3 Å². The quantitative estimate of drug-likeness (QED) is 0.231. The van der Waals surface area contributed by atoms with Gasteiger partial charge in [0.05, 0.1) is 17.5 Å². The zero-order chi connectivity index (χ0) is 22.9. The Morgan fingerprint density at radius 3 is 2.41 bits per heavy atom. The van der Waals surface area contributed by atoms with E-state index < -0.39 is 11.7 Å². The Bertz CT molecular complexity index is 1290. The lowest BCUT2D eigenvalue weighted by Crippen LogP contribution is -2.04.